The van der Waals surface area contributed by atoms with E-state index in [0.717, 1.165) is 12.1 Å². The third-order valence-corrected chi connectivity index (χ3v) is 5.64. The lowest BCUT2D eigenvalue weighted by Gasteiger charge is -2.07. The number of carboxylic acid groups (broad SMARTS) is 1. The lowest BCUT2D eigenvalue weighted by molar-refractivity contribution is -0.137. The van der Waals surface area contributed by atoms with Crippen molar-refractivity contribution in [2.75, 3.05) is 14.2 Å². The summed E-state index contributed by atoms with van der Waals surface area (Å²) in [6.07, 6.45) is -3.29. The molecule has 0 aliphatic carbocycles. The van der Waals surface area contributed by atoms with E-state index in [2.05, 4.69) is 10.2 Å². The quantitative estimate of drug-likeness (QED) is 0.214. The van der Waals surface area contributed by atoms with Crippen molar-refractivity contribution >= 4 is 23.8 Å². The second-order valence-electron chi connectivity index (χ2n) is 7.17. The van der Waals surface area contributed by atoms with Gasteiger partial charge in [-0.25, -0.2) is 4.79 Å². The van der Waals surface area contributed by atoms with Crippen LogP contribution in [0.1, 0.15) is 11.3 Å². The molecule has 0 aliphatic heterocycles. The number of ether oxygens (including phenoxy) is 2. The molecule has 0 unspecified atom stereocenters. The van der Waals surface area contributed by atoms with Crippen LogP contribution in [0.25, 0.3) is 28.9 Å². The predicted octanol–water partition coefficient (Wildman–Crippen LogP) is 6.25. The molecule has 2 aromatic heterocycles. The number of aromatic nitrogens is 2. The third-order valence-electron chi connectivity index (χ3n) is 4.79. The maximum atomic E-state index is 13.0. The molecule has 36 heavy (non-hydrogen) atoms. The van der Waals surface area contributed by atoms with Crippen molar-refractivity contribution in [1.29, 1.82) is 0 Å². The van der Waals surface area contributed by atoms with E-state index in [1.165, 1.54) is 44.6 Å². The van der Waals surface area contributed by atoms with Gasteiger partial charge < -0.3 is 23.4 Å². The lowest BCUT2D eigenvalue weighted by atomic mass is 10.1. The van der Waals surface area contributed by atoms with Gasteiger partial charge in [0.25, 0.3) is 5.22 Å². The summed E-state index contributed by atoms with van der Waals surface area (Å²) in [5, 5.41) is 17.4. The van der Waals surface area contributed by atoms with E-state index in [-0.39, 0.29) is 33.1 Å². The van der Waals surface area contributed by atoms with Gasteiger partial charge in [0.2, 0.25) is 5.89 Å². The van der Waals surface area contributed by atoms with Gasteiger partial charge in [0.05, 0.1) is 19.8 Å². The number of halogens is 3. The van der Waals surface area contributed by atoms with Crippen LogP contribution >= 0.6 is 11.8 Å². The Bertz CT molecular complexity index is 1400. The van der Waals surface area contributed by atoms with Gasteiger partial charge in [-0.2, -0.15) is 13.2 Å². The molecule has 4 aromatic rings. The summed E-state index contributed by atoms with van der Waals surface area (Å²) in [6, 6.07) is 12.5. The van der Waals surface area contributed by atoms with Crippen LogP contribution < -0.4 is 9.47 Å². The number of alkyl halides is 3. The molecule has 0 amide bonds. The molecule has 0 radical (unpaired) electrons. The molecule has 186 valence electrons. The molecular weight excluding hydrogens is 501 g/mol. The summed E-state index contributed by atoms with van der Waals surface area (Å²) in [7, 11) is 2.98. The van der Waals surface area contributed by atoms with Gasteiger partial charge >= 0.3 is 12.1 Å². The summed E-state index contributed by atoms with van der Waals surface area (Å²) in [4.78, 5) is 11.6. The molecule has 0 atom stereocenters. The Balaban J connectivity index is 1.57. The van der Waals surface area contributed by atoms with Crippen molar-refractivity contribution in [3.05, 3.63) is 70.8 Å². The molecule has 0 aliphatic rings. The van der Waals surface area contributed by atoms with E-state index in [4.69, 9.17) is 18.3 Å². The van der Waals surface area contributed by atoms with Gasteiger partial charge in [-0.3, -0.25) is 0 Å². The number of furan rings is 1. The molecule has 2 heterocycles. The summed E-state index contributed by atoms with van der Waals surface area (Å²) in [5.74, 6) is 0.0809. The van der Waals surface area contributed by atoms with E-state index in [0.29, 0.717) is 28.8 Å². The molecular formula is C24H17F3N2O6S. The number of hydrogen-bond donors (Lipinski definition) is 1. The fraction of sp³-hybridized carbons (Fsp3) is 0.125. The molecule has 0 fully saturated rings. The van der Waals surface area contributed by atoms with Crippen molar-refractivity contribution in [2.45, 2.75) is 11.4 Å². The number of rotatable bonds is 8. The Morgan fingerprint density at radius 1 is 0.972 bits per heavy atom. The zero-order valence-electron chi connectivity index (χ0n) is 18.7. The summed E-state index contributed by atoms with van der Waals surface area (Å²) in [6.45, 7) is 0. The number of aliphatic carboxylic acids is 1. The minimum absolute atomic E-state index is 0.0508. The van der Waals surface area contributed by atoms with Crippen LogP contribution in [0.4, 0.5) is 13.2 Å². The van der Waals surface area contributed by atoms with E-state index >= 15 is 0 Å². The van der Waals surface area contributed by atoms with Crippen LogP contribution in [0.2, 0.25) is 0 Å². The highest BCUT2D eigenvalue weighted by Gasteiger charge is 2.30. The fourth-order valence-corrected chi connectivity index (χ4v) is 3.74. The van der Waals surface area contributed by atoms with E-state index in [1.54, 1.807) is 18.2 Å². The maximum absolute atomic E-state index is 13.0. The molecule has 0 saturated heterocycles. The first-order valence-corrected chi connectivity index (χ1v) is 10.9. The van der Waals surface area contributed by atoms with E-state index in [1.807, 2.05) is 0 Å². The number of hydrogen-bond acceptors (Lipinski definition) is 8. The van der Waals surface area contributed by atoms with Crippen LogP contribution in [0.5, 0.6) is 11.5 Å². The Kier molecular flexibility index (Phi) is 7.06. The molecule has 8 nitrogen and oxygen atoms in total. The SMILES string of the molecule is COc1cc(OC)cc(-c2nnc(S/C(=C\c3ccc(-c4cccc(C(F)(F)F)c4)o3)C(=O)O)o2)c1. The predicted molar refractivity (Wildman–Crippen MR) is 123 cm³/mol. The highest BCUT2D eigenvalue weighted by molar-refractivity contribution is 8.03. The minimum atomic E-state index is -4.50. The van der Waals surface area contributed by atoms with Gasteiger partial charge in [-0.1, -0.05) is 12.1 Å². The van der Waals surface area contributed by atoms with Crippen molar-refractivity contribution in [2.24, 2.45) is 0 Å². The zero-order chi connectivity index (χ0) is 25.9. The number of carboxylic acids is 1. The number of thioether (sulfide) groups is 1. The van der Waals surface area contributed by atoms with Crippen molar-refractivity contribution in [3.8, 4) is 34.3 Å². The highest BCUT2D eigenvalue weighted by atomic mass is 32.2. The average molecular weight is 518 g/mol. The van der Waals surface area contributed by atoms with Crippen LogP contribution in [0, 0.1) is 0 Å². The first-order valence-electron chi connectivity index (χ1n) is 10.1. The topological polar surface area (TPSA) is 108 Å². The Morgan fingerprint density at radius 3 is 2.33 bits per heavy atom. The minimum Gasteiger partial charge on any atom is -0.497 e. The van der Waals surface area contributed by atoms with Gasteiger partial charge in [0.15, 0.2) is 0 Å². The van der Waals surface area contributed by atoms with E-state index < -0.39 is 17.7 Å². The molecule has 12 heteroatoms. The Morgan fingerprint density at radius 2 is 1.69 bits per heavy atom. The average Bonchev–Trinajstić information content (AvgIpc) is 3.53. The smallest absolute Gasteiger partial charge is 0.416 e. The Hall–Kier alpha value is -4.19. The van der Waals surface area contributed by atoms with Gasteiger partial charge in [0, 0.05) is 23.3 Å². The first-order chi connectivity index (χ1) is 17.2. The number of benzene rings is 2. The molecule has 0 bridgehead atoms. The van der Waals surface area contributed by atoms with Crippen LogP contribution in [0.15, 0.2) is 73.6 Å². The molecule has 0 saturated carbocycles. The molecule has 2 aromatic carbocycles. The standard InChI is InChI=1S/C24H17F3N2O6S/c1-32-17-9-14(10-18(11-17)33-2)21-28-29-23(35-21)36-20(22(30)31)12-16-6-7-19(34-16)13-4-3-5-15(8-13)24(25,26)27/h3-12H,1-2H3,(H,30,31)/b20-12-. The summed E-state index contributed by atoms with van der Waals surface area (Å²) in [5.41, 5.74) is -0.122. The number of methoxy groups -OCH3 is 2. The molecule has 4 rings (SSSR count). The van der Waals surface area contributed by atoms with Gasteiger partial charge in [-0.15, -0.1) is 10.2 Å². The third kappa shape index (κ3) is 5.71. The van der Waals surface area contributed by atoms with Crippen LogP contribution in [0.3, 0.4) is 0 Å². The summed E-state index contributed by atoms with van der Waals surface area (Å²) < 4.78 is 60.6. The Labute approximate surface area is 206 Å². The van der Waals surface area contributed by atoms with E-state index in [9.17, 15) is 23.1 Å². The zero-order valence-corrected chi connectivity index (χ0v) is 19.5. The maximum Gasteiger partial charge on any atom is 0.416 e. The van der Waals surface area contributed by atoms with Crippen molar-refractivity contribution in [3.63, 3.8) is 0 Å². The monoisotopic (exact) mass is 518 g/mol. The normalized spacial score (nSPS) is 12.0. The van der Waals surface area contributed by atoms with Gasteiger partial charge in [-0.05, 0) is 48.2 Å². The second-order valence-corrected chi connectivity index (χ2v) is 8.16. The van der Waals surface area contributed by atoms with Crippen molar-refractivity contribution in [1.82, 2.24) is 10.2 Å². The number of nitrogens with zero attached hydrogens (tertiary/aromatic N) is 2. The number of carbonyl (C=O) groups is 1. The molecule has 1 N–H and O–H groups in total. The fourth-order valence-electron chi connectivity index (χ4n) is 3.09. The van der Waals surface area contributed by atoms with Crippen molar-refractivity contribution < 1.29 is 41.4 Å². The van der Waals surface area contributed by atoms with Gasteiger partial charge in [0.1, 0.15) is 27.9 Å². The van der Waals surface area contributed by atoms with Crippen LogP contribution in [-0.2, 0) is 11.0 Å². The lowest BCUT2D eigenvalue weighted by Crippen LogP contribution is -2.04. The second kappa shape index (κ2) is 10.2. The van der Waals surface area contributed by atoms with Crippen LogP contribution in [-0.4, -0.2) is 35.5 Å². The largest absolute Gasteiger partial charge is 0.497 e. The highest BCUT2D eigenvalue weighted by Crippen LogP contribution is 2.35. The summed E-state index contributed by atoms with van der Waals surface area (Å²) >= 11 is 0.688. The first kappa shape index (κ1) is 24.9. The molecule has 0 spiro atoms.